The Morgan fingerprint density at radius 1 is 1.33 bits per heavy atom. The number of rotatable bonds is 3. The number of hydrogen-bond acceptors (Lipinski definition) is 3. The minimum atomic E-state index is -0.360. The summed E-state index contributed by atoms with van der Waals surface area (Å²) in [4.78, 5) is 18.2. The Labute approximate surface area is 159 Å². The SMILES string of the molecule is CCOC(=O)c1c[nH+]c2ccc(F)cc2c1N1CC2(C)CC1CC(C)(C)C2. The predicted octanol–water partition coefficient (Wildman–Crippen LogP) is 4.37. The van der Waals surface area contributed by atoms with Crippen LogP contribution in [0.2, 0.25) is 0 Å². The molecule has 4 nitrogen and oxygen atoms in total. The van der Waals surface area contributed by atoms with Gasteiger partial charge in [0.25, 0.3) is 0 Å². The lowest BCUT2D eigenvalue weighted by Gasteiger charge is -2.39. The summed E-state index contributed by atoms with van der Waals surface area (Å²) in [6.07, 6.45) is 5.05. The Hall–Kier alpha value is -2.17. The van der Waals surface area contributed by atoms with Crippen molar-refractivity contribution in [2.75, 3.05) is 18.1 Å². The summed E-state index contributed by atoms with van der Waals surface area (Å²) in [5.74, 6) is -0.660. The zero-order valence-electron chi connectivity index (χ0n) is 16.6. The predicted molar refractivity (Wildman–Crippen MR) is 103 cm³/mol. The van der Waals surface area contributed by atoms with Crippen LogP contribution >= 0.6 is 0 Å². The van der Waals surface area contributed by atoms with Gasteiger partial charge in [0.1, 0.15) is 11.4 Å². The average Bonchev–Trinajstić information content (AvgIpc) is 2.82. The van der Waals surface area contributed by atoms with Gasteiger partial charge in [-0.2, -0.15) is 0 Å². The third-order valence-electron chi connectivity index (χ3n) is 6.06. The Kier molecular flexibility index (Phi) is 4.17. The van der Waals surface area contributed by atoms with Crippen LogP contribution in [0.4, 0.5) is 10.1 Å². The number of anilines is 1. The molecule has 27 heavy (non-hydrogen) atoms. The molecule has 1 aromatic heterocycles. The minimum absolute atomic E-state index is 0.206. The molecule has 5 heteroatoms. The molecule has 0 radical (unpaired) electrons. The Morgan fingerprint density at radius 3 is 2.85 bits per heavy atom. The molecular weight excluding hydrogens is 343 g/mol. The molecule has 1 aliphatic heterocycles. The van der Waals surface area contributed by atoms with Crippen LogP contribution < -0.4 is 9.88 Å². The van der Waals surface area contributed by atoms with E-state index in [-0.39, 0.29) is 22.6 Å². The number of hydrogen-bond donors (Lipinski definition) is 0. The van der Waals surface area contributed by atoms with Crippen molar-refractivity contribution in [2.45, 2.75) is 53.0 Å². The van der Waals surface area contributed by atoms with Crippen LogP contribution in [-0.4, -0.2) is 25.2 Å². The van der Waals surface area contributed by atoms with E-state index in [0.717, 1.165) is 42.4 Å². The molecule has 2 bridgehead atoms. The number of ether oxygens (including phenoxy) is 1. The van der Waals surface area contributed by atoms with Crippen LogP contribution in [0, 0.1) is 16.6 Å². The highest BCUT2D eigenvalue weighted by molar-refractivity contribution is 6.04. The molecule has 4 rings (SSSR count). The van der Waals surface area contributed by atoms with Crippen molar-refractivity contribution in [1.82, 2.24) is 0 Å². The maximum atomic E-state index is 14.1. The fraction of sp³-hybridized carbons (Fsp3) is 0.545. The fourth-order valence-corrected chi connectivity index (χ4v) is 5.60. The van der Waals surface area contributed by atoms with Crippen molar-refractivity contribution in [3.8, 4) is 0 Å². The first kappa shape index (κ1) is 18.2. The number of benzene rings is 1. The summed E-state index contributed by atoms with van der Waals surface area (Å²) in [6, 6.07) is 5.05. The van der Waals surface area contributed by atoms with Crippen LogP contribution in [0.1, 0.15) is 57.3 Å². The second-order valence-corrected chi connectivity index (χ2v) is 9.30. The highest BCUT2D eigenvalue weighted by Gasteiger charge is 2.50. The van der Waals surface area contributed by atoms with Crippen LogP contribution in [0.15, 0.2) is 24.4 Å². The summed E-state index contributed by atoms with van der Waals surface area (Å²) < 4.78 is 19.4. The van der Waals surface area contributed by atoms with E-state index in [4.69, 9.17) is 4.74 Å². The molecule has 2 atom stereocenters. The first-order chi connectivity index (χ1) is 12.7. The van der Waals surface area contributed by atoms with E-state index in [1.165, 1.54) is 12.1 Å². The van der Waals surface area contributed by atoms with Crippen molar-refractivity contribution in [3.05, 3.63) is 35.8 Å². The maximum absolute atomic E-state index is 14.1. The molecule has 1 aromatic carbocycles. The van der Waals surface area contributed by atoms with E-state index >= 15 is 0 Å². The van der Waals surface area contributed by atoms with Gasteiger partial charge in [0.2, 0.25) is 5.52 Å². The Morgan fingerprint density at radius 2 is 2.11 bits per heavy atom. The Balaban J connectivity index is 1.90. The van der Waals surface area contributed by atoms with Crippen molar-refractivity contribution >= 4 is 22.6 Å². The third-order valence-corrected chi connectivity index (χ3v) is 6.06. The first-order valence-corrected chi connectivity index (χ1v) is 9.79. The van der Waals surface area contributed by atoms with Gasteiger partial charge in [-0.15, -0.1) is 0 Å². The largest absolute Gasteiger partial charge is 0.462 e. The number of fused-ring (bicyclic) bond motifs is 3. The molecule has 2 aromatic rings. The number of halogens is 1. The van der Waals surface area contributed by atoms with Gasteiger partial charge in [0, 0.05) is 18.7 Å². The zero-order chi connectivity index (χ0) is 19.4. The fourth-order valence-electron chi connectivity index (χ4n) is 5.60. The van der Waals surface area contributed by atoms with E-state index in [1.54, 1.807) is 19.2 Å². The summed E-state index contributed by atoms with van der Waals surface area (Å²) in [5.41, 5.74) is 2.60. The molecule has 1 N–H and O–H groups in total. The molecular formula is C22H28FN2O2+. The molecule has 1 saturated carbocycles. The van der Waals surface area contributed by atoms with E-state index < -0.39 is 0 Å². The van der Waals surface area contributed by atoms with Gasteiger partial charge in [-0.25, -0.2) is 14.2 Å². The maximum Gasteiger partial charge on any atom is 0.346 e. The van der Waals surface area contributed by atoms with Crippen molar-refractivity contribution in [2.24, 2.45) is 10.8 Å². The summed E-state index contributed by atoms with van der Waals surface area (Å²) in [5, 5.41) is 0.745. The minimum Gasteiger partial charge on any atom is -0.462 e. The summed E-state index contributed by atoms with van der Waals surface area (Å²) >= 11 is 0. The highest BCUT2D eigenvalue weighted by Crippen LogP contribution is 2.54. The smallest absolute Gasteiger partial charge is 0.346 e. The molecule has 1 aliphatic carbocycles. The van der Waals surface area contributed by atoms with E-state index in [9.17, 15) is 9.18 Å². The van der Waals surface area contributed by atoms with Gasteiger partial charge >= 0.3 is 5.97 Å². The first-order valence-electron chi connectivity index (χ1n) is 9.79. The molecule has 2 fully saturated rings. The topological polar surface area (TPSA) is 43.7 Å². The number of aromatic nitrogens is 1. The van der Waals surface area contributed by atoms with Gasteiger partial charge < -0.3 is 9.64 Å². The monoisotopic (exact) mass is 371 g/mol. The second-order valence-electron chi connectivity index (χ2n) is 9.30. The lowest BCUT2D eigenvalue weighted by atomic mass is 9.65. The molecule has 0 amide bonds. The molecule has 0 spiro atoms. The standard InChI is InChI=1S/C22H27FN2O2/c1-5-27-20(26)17-11-24-18-7-6-14(23)8-16(18)19(17)25-13-22(4)10-15(25)9-21(2,3)12-22/h6-8,11,15H,5,9-10,12-13H2,1-4H3/p+1. The van der Waals surface area contributed by atoms with E-state index in [1.807, 2.05) is 0 Å². The lowest BCUT2D eigenvalue weighted by molar-refractivity contribution is -0.344. The normalized spacial score (nSPS) is 26.4. The van der Waals surface area contributed by atoms with Crippen LogP contribution in [0.5, 0.6) is 0 Å². The summed E-state index contributed by atoms with van der Waals surface area (Å²) in [6.45, 7) is 9.97. The Bertz CT molecular complexity index is 911. The molecule has 1 saturated heterocycles. The number of aromatic amines is 1. The van der Waals surface area contributed by atoms with Gasteiger partial charge in [0.05, 0.1) is 17.7 Å². The summed E-state index contributed by atoms with van der Waals surface area (Å²) in [7, 11) is 0. The highest BCUT2D eigenvalue weighted by atomic mass is 19.1. The van der Waals surface area contributed by atoms with Crippen molar-refractivity contribution in [3.63, 3.8) is 0 Å². The van der Waals surface area contributed by atoms with Crippen LogP contribution in [0.3, 0.4) is 0 Å². The van der Waals surface area contributed by atoms with E-state index in [0.29, 0.717) is 18.2 Å². The number of H-pyrrole nitrogens is 1. The van der Waals surface area contributed by atoms with Crippen LogP contribution in [-0.2, 0) is 4.74 Å². The molecule has 2 unspecified atom stereocenters. The van der Waals surface area contributed by atoms with Crippen molar-refractivity contribution in [1.29, 1.82) is 0 Å². The van der Waals surface area contributed by atoms with Gasteiger partial charge in [0.15, 0.2) is 6.20 Å². The van der Waals surface area contributed by atoms with E-state index in [2.05, 4.69) is 30.7 Å². The van der Waals surface area contributed by atoms with Gasteiger partial charge in [-0.3, -0.25) is 0 Å². The van der Waals surface area contributed by atoms with Crippen molar-refractivity contribution < 1.29 is 18.9 Å². The van der Waals surface area contributed by atoms with Crippen LogP contribution in [0.25, 0.3) is 10.9 Å². The molecule has 2 aliphatic rings. The number of carbonyl (C=O) groups excluding carboxylic acids is 1. The quantitative estimate of drug-likeness (QED) is 0.752. The third kappa shape index (κ3) is 3.17. The van der Waals surface area contributed by atoms with Gasteiger partial charge in [-0.1, -0.05) is 20.8 Å². The second kappa shape index (κ2) is 6.18. The average molecular weight is 371 g/mol. The van der Waals surface area contributed by atoms with Gasteiger partial charge in [-0.05, 0) is 49.1 Å². The number of pyridine rings is 1. The number of esters is 1. The number of carbonyl (C=O) groups is 1. The number of nitrogens with zero attached hydrogens (tertiary/aromatic N) is 1. The zero-order valence-corrected chi connectivity index (χ0v) is 16.6. The molecule has 144 valence electrons. The molecule has 2 heterocycles. The lowest BCUT2D eigenvalue weighted by Crippen LogP contribution is -2.35. The number of nitrogens with one attached hydrogen (secondary N) is 1.